The van der Waals surface area contributed by atoms with Crippen molar-refractivity contribution < 1.29 is 4.74 Å². The molecule has 0 fully saturated rings. The van der Waals surface area contributed by atoms with Crippen molar-refractivity contribution >= 4 is 0 Å². The maximum Gasteiger partial charge on any atom is 0.0823 e. The molecule has 0 aliphatic rings. The van der Waals surface area contributed by atoms with Crippen LogP contribution in [-0.4, -0.2) is 7.11 Å². The largest absolute Gasteiger partial charge is 0.377 e. The summed E-state index contributed by atoms with van der Waals surface area (Å²) in [5, 5.41) is 0. The summed E-state index contributed by atoms with van der Waals surface area (Å²) in [6.07, 6.45) is 1.28. The van der Waals surface area contributed by atoms with Crippen LogP contribution in [0, 0.1) is 13.8 Å². The van der Waals surface area contributed by atoms with E-state index in [0.717, 1.165) is 6.42 Å². The molecular weight excluding hydrogens is 160 g/mol. The third kappa shape index (κ3) is 2.10. The molecule has 0 saturated heterocycles. The molecule has 0 radical (unpaired) electrons. The Labute approximate surface area is 80.7 Å². The van der Waals surface area contributed by atoms with E-state index >= 15 is 0 Å². The van der Waals surface area contributed by atoms with Crippen LogP contribution in [0.3, 0.4) is 0 Å². The quantitative estimate of drug-likeness (QED) is 0.689. The van der Waals surface area contributed by atoms with Gasteiger partial charge in [-0.25, -0.2) is 0 Å². The van der Waals surface area contributed by atoms with Gasteiger partial charge in [-0.2, -0.15) is 0 Å². The van der Waals surface area contributed by atoms with Gasteiger partial charge in [0.25, 0.3) is 0 Å². The highest BCUT2D eigenvalue weighted by atomic mass is 16.5. The van der Waals surface area contributed by atoms with Crippen molar-refractivity contribution in [3.8, 4) is 0 Å². The number of hydrogen-bond acceptors (Lipinski definition) is 1. The maximum atomic E-state index is 5.45. The molecule has 0 aliphatic carbocycles. The molecule has 1 heteroatoms. The Morgan fingerprint density at radius 2 is 1.77 bits per heavy atom. The van der Waals surface area contributed by atoms with E-state index in [2.05, 4.69) is 39.0 Å². The van der Waals surface area contributed by atoms with Crippen LogP contribution < -0.4 is 0 Å². The smallest absolute Gasteiger partial charge is 0.0823 e. The second-order valence-corrected chi connectivity index (χ2v) is 3.44. The molecule has 1 atom stereocenters. The summed E-state index contributed by atoms with van der Waals surface area (Å²) in [5.41, 5.74) is 4.01. The molecule has 0 aromatic heterocycles. The lowest BCUT2D eigenvalue weighted by Crippen LogP contribution is -2.04. The molecule has 0 saturated carbocycles. The molecule has 0 heterocycles. The fourth-order valence-electron chi connectivity index (χ4n) is 1.82. The minimum absolute atomic E-state index is 0.251. The van der Waals surface area contributed by atoms with Gasteiger partial charge in [0.1, 0.15) is 0 Å². The summed E-state index contributed by atoms with van der Waals surface area (Å²) >= 11 is 0. The van der Waals surface area contributed by atoms with Crippen LogP contribution in [0.4, 0.5) is 0 Å². The lowest BCUT2D eigenvalue weighted by molar-refractivity contribution is 0.0990. The van der Waals surface area contributed by atoms with Gasteiger partial charge in [-0.1, -0.05) is 25.1 Å². The molecule has 0 spiro atoms. The molecular formula is C12H18O. The highest BCUT2D eigenvalue weighted by molar-refractivity contribution is 5.35. The van der Waals surface area contributed by atoms with Gasteiger partial charge in [-0.05, 0) is 37.0 Å². The summed E-state index contributed by atoms with van der Waals surface area (Å²) in [5.74, 6) is 0. The number of ether oxygens (including phenoxy) is 1. The molecule has 0 amide bonds. The Kier molecular flexibility index (Phi) is 3.49. The van der Waals surface area contributed by atoms with Crippen LogP contribution in [0.25, 0.3) is 0 Å². The van der Waals surface area contributed by atoms with Crippen LogP contribution >= 0.6 is 0 Å². The van der Waals surface area contributed by atoms with Crippen LogP contribution in [-0.2, 0) is 4.74 Å². The van der Waals surface area contributed by atoms with E-state index in [0.29, 0.717) is 0 Å². The normalized spacial score (nSPS) is 12.9. The average molecular weight is 178 g/mol. The Hall–Kier alpha value is -0.820. The maximum absolute atomic E-state index is 5.45. The molecule has 1 unspecified atom stereocenters. The Morgan fingerprint density at radius 1 is 1.23 bits per heavy atom. The first kappa shape index (κ1) is 10.3. The number of rotatable bonds is 3. The predicted octanol–water partition coefficient (Wildman–Crippen LogP) is 3.40. The third-order valence-electron chi connectivity index (χ3n) is 2.52. The number of methoxy groups -OCH3 is 1. The first-order valence-corrected chi connectivity index (χ1v) is 4.79. The van der Waals surface area contributed by atoms with Crippen LogP contribution in [0.2, 0.25) is 0 Å². The van der Waals surface area contributed by atoms with Crippen molar-refractivity contribution in [2.75, 3.05) is 7.11 Å². The molecule has 1 nitrogen and oxygen atoms in total. The SMILES string of the molecule is CCC(OC)c1c(C)cccc1C. The summed E-state index contributed by atoms with van der Waals surface area (Å²) in [6.45, 7) is 6.44. The lowest BCUT2D eigenvalue weighted by atomic mass is 9.96. The Bertz CT molecular complexity index is 254. The Balaban J connectivity index is 3.10. The topological polar surface area (TPSA) is 9.23 Å². The molecule has 13 heavy (non-hydrogen) atoms. The van der Waals surface area contributed by atoms with Gasteiger partial charge in [0.05, 0.1) is 6.10 Å². The average Bonchev–Trinajstić information content (AvgIpc) is 2.11. The molecule has 1 aromatic carbocycles. The van der Waals surface area contributed by atoms with Gasteiger partial charge in [0.15, 0.2) is 0 Å². The molecule has 1 rings (SSSR count). The molecule has 0 aliphatic heterocycles. The minimum Gasteiger partial charge on any atom is -0.377 e. The van der Waals surface area contributed by atoms with Crippen molar-refractivity contribution in [1.29, 1.82) is 0 Å². The van der Waals surface area contributed by atoms with Gasteiger partial charge in [0, 0.05) is 7.11 Å². The van der Waals surface area contributed by atoms with Gasteiger partial charge in [0.2, 0.25) is 0 Å². The van der Waals surface area contributed by atoms with E-state index < -0.39 is 0 Å². The zero-order valence-electron chi connectivity index (χ0n) is 8.92. The summed E-state index contributed by atoms with van der Waals surface area (Å²) in [6, 6.07) is 6.38. The van der Waals surface area contributed by atoms with Gasteiger partial charge >= 0.3 is 0 Å². The molecule has 1 aromatic rings. The van der Waals surface area contributed by atoms with Crippen molar-refractivity contribution in [2.45, 2.75) is 33.3 Å². The van der Waals surface area contributed by atoms with E-state index in [4.69, 9.17) is 4.74 Å². The van der Waals surface area contributed by atoms with E-state index in [1.54, 1.807) is 7.11 Å². The molecule has 0 bridgehead atoms. The van der Waals surface area contributed by atoms with Crippen LogP contribution in [0.1, 0.15) is 36.1 Å². The van der Waals surface area contributed by atoms with Gasteiger partial charge < -0.3 is 4.74 Å². The van der Waals surface area contributed by atoms with E-state index in [-0.39, 0.29) is 6.10 Å². The first-order valence-electron chi connectivity index (χ1n) is 4.79. The summed E-state index contributed by atoms with van der Waals surface area (Å²) in [4.78, 5) is 0. The van der Waals surface area contributed by atoms with E-state index in [1.165, 1.54) is 16.7 Å². The second kappa shape index (κ2) is 4.43. The van der Waals surface area contributed by atoms with Crippen LogP contribution in [0.5, 0.6) is 0 Å². The van der Waals surface area contributed by atoms with E-state index in [1.807, 2.05) is 0 Å². The van der Waals surface area contributed by atoms with Gasteiger partial charge in [-0.15, -0.1) is 0 Å². The second-order valence-electron chi connectivity index (χ2n) is 3.44. The Morgan fingerprint density at radius 3 is 2.15 bits per heavy atom. The number of hydrogen-bond donors (Lipinski definition) is 0. The number of benzene rings is 1. The first-order chi connectivity index (χ1) is 6.20. The van der Waals surface area contributed by atoms with Crippen molar-refractivity contribution in [1.82, 2.24) is 0 Å². The van der Waals surface area contributed by atoms with Crippen molar-refractivity contribution in [2.24, 2.45) is 0 Å². The fraction of sp³-hybridized carbons (Fsp3) is 0.500. The lowest BCUT2D eigenvalue weighted by Gasteiger charge is -2.18. The zero-order chi connectivity index (χ0) is 9.84. The molecule has 72 valence electrons. The van der Waals surface area contributed by atoms with Crippen molar-refractivity contribution in [3.63, 3.8) is 0 Å². The minimum atomic E-state index is 0.251. The summed E-state index contributed by atoms with van der Waals surface area (Å²) in [7, 11) is 1.78. The van der Waals surface area contributed by atoms with E-state index in [9.17, 15) is 0 Å². The van der Waals surface area contributed by atoms with Crippen LogP contribution in [0.15, 0.2) is 18.2 Å². The van der Waals surface area contributed by atoms with Gasteiger partial charge in [-0.3, -0.25) is 0 Å². The monoisotopic (exact) mass is 178 g/mol. The predicted molar refractivity (Wildman–Crippen MR) is 56.0 cm³/mol. The third-order valence-corrected chi connectivity index (χ3v) is 2.52. The highest BCUT2D eigenvalue weighted by Gasteiger charge is 2.12. The fourth-order valence-corrected chi connectivity index (χ4v) is 1.82. The van der Waals surface area contributed by atoms with Crippen molar-refractivity contribution in [3.05, 3.63) is 34.9 Å². The molecule has 0 N–H and O–H groups in total. The number of aryl methyl sites for hydroxylation is 2. The zero-order valence-corrected chi connectivity index (χ0v) is 8.92. The summed E-state index contributed by atoms with van der Waals surface area (Å²) < 4.78 is 5.45. The highest BCUT2D eigenvalue weighted by Crippen LogP contribution is 2.26. The standard InChI is InChI=1S/C12H18O/c1-5-11(13-4)12-9(2)7-6-8-10(12)3/h6-8,11H,5H2,1-4H3.